The highest BCUT2D eigenvalue weighted by Crippen LogP contribution is 2.27. The van der Waals surface area contributed by atoms with E-state index in [1.807, 2.05) is 0 Å². The summed E-state index contributed by atoms with van der Waals surface area (Å²) in [5.41, 5.74) is 1.94. The number of aromatic nitrogens is 3. The summed E-state index contributed by atoms with van der Waals surface area (Å²) >= 11 is 0. The quantitative estimate of drug-likeness (QED) is 0.791. The first-order valence-electron chi connectivity index (χ1n) is 8.93. The number of hydrogen-bond acceptors (Lipinski definition) is 5. The van der Waals surface area contributed by atoms with Gasteiger partial charge in [-0.05, 0) is 37.2 Å². The van der Waals surface area contributed by atoms with Crippen LogP contribution in [-0.4, -0.2) is 46.3 Å². The summed E-state index contributed by atoms with van der Waals surface area (Å²) in [6.07, 6.45) is 5.55. The largest absolute Gasteiger partial charge is 0.351 e. The zero-order valence-corrected chi connectivity index (χ0v) is 14.5. The molecule has 25 heavy (non-hydrogen) atoms. The molecule has 0 radical (unpaired) electrons. The van der Waals surface area contributed by atoms with E-state index in [0.717, 1.165) is 17.8 Å². The summed E-state index contributed by atoms with van der Waals surface area (Å²) < 4.78 is 0. The molecule has 0 saturated carbocycles. The molecule has 0 amide bonds. The predicted molar refractivity (Wildman–Crippen MR) is 102 cm³/mol. The van der Waals surface area contributed by atoms with Crippen molar-refractivity contribution in [1.82, 2.24) is 20.1 Å². The fourth-order valence-corrected chi connectivity index (χ4v) is 3.57. The monoisotopic (exact) mass is 333 g/mol. The van der Waals surface area contributed by atoms with Crippen molar-refractivity contribution in [2.45, 2.75) is 25.3 Å². The number of benzene rings is 2. The van der Waals surface area contributed by atoms with Crippen molar-refractivity contribution >= 4 is 16.7 Å². The van der Waals surface area contributed by atoms with Crippen LogP contribution in [0.2, 0.25) is 0 Å². The fraction of sp³-hybridized carbons (Fsp3) is 0.350. The molecule has 3 aromatic rings. The van der Waals surface area contributed by atoms with Crippen molar-refractivity contribution in [2.75, 3.05) is 25.5 Å². The molecule has 5 nitrogen and oxygen atoms in total. The zero-order chi connectivity index (χ0) is 17.1. The van der Waals surface area contributed by atoms with Crippen LogP contribution in [0, 0.1) is 0 Å². The molecular weight excluding hydrogens is 310 g/mol. The normalized spacial score (nSPS) is 18.4. The molecule has 1 aliphatic heterocycles. The van der Waals surface area contributed by atoms with Crippen molar-refractivity contribution in [1.29, 1.82) is 0 Å². The SMILES string of the molecule is CN1CCCCC1CNc1nncc(-c2cccc3ccccc23)n1. The van der Waals surface area contributed by atoms with E-state index >= 15 is 0 Å². The van der Waals surface area contributed by atoms with Gasteiger partial charge in [0.1, 0.15) is 0 Å². The molecule has 1 saturated heterocycles. The molecule has 1 unspecified atom stereocenters. The van der Waals surface area contributed by atoms with Gasteiger partial charge in [-0.25, -0.2) is 4.98 Å². The Labute approximate surface area is 148 Å². The Bertz CT molecular complexity index is 858. The molecule has 2 heterocycles. The maximum atomic E-state index is 4.70. The van der Waals surface area contributed by atoms with Gasteiger partial charge in [0.05, 0.1) is 11.9 Å². The summed E-state index contributed by atoms with van der Waals surface area (Å²) in [6, 6.07) is 15.2. The third-order valence-electron chi connectivity index (χ3n) is 5.04. The van der Waals surface area contributed by atoms with Crippen LogP contribution in [0.15, 0.2) is 48.7 Å². The Morgan fingerprint density at radius 3 is 2.92 bits per heavy atom. The molecular formula is C20H23N5. The van der Waals surface area contributed by atoms with E-state index in [9.17, 15) is 0 Å². The van der Waals surface area contributed by atoms with Gasteiger partial charge in [0.15, 0.2) is 0 Å². The summed E-state index contributed by atoms with van der Waals surface area (Å²) in [5, 5.41) is 14.1. The Balaban J connectivity index is 1.57. The van der Waals surface area contributed by atoms with Crippen molar-refractivity contribution < 1.29 is 0 Å². The molecule has 0 bridgehead atoms. The number of piperidine rings is 1. The highest BCUT2D eigenvalue weighted by molar-refractivity contribution is 5.95. The smallest absolute Gasteiger partial charge is 0.243 e. The summed E-state index contributed by atoms with van der Waals surface area (Å²) in [4.78, 5) is 7.11. The standard InChI is InChI=1S/C20H23N5/c1-25-12-5-4-9-16(25)13-21-20-23-19(14-22-24-20)18-11-6-8-15-7-2-3-10-17(15)18/h2-3,6-8,10-11,14,16H,4-5,9,12-13H2,1H3,(H,21,23,24). The Morgan fingerprint density at radius 1 is 1.12 bits per heavy atom. The van der Waals surface area contributed by atoms with Crippen molar-refractivity contribution in [2.24, 2.45) is 0 Å². The van der Waals surface area contributed by atoms with Crippen LogP contribution >= 0.6 is 0 Å². The third kappa shape index (κ3) is 3.46. The van der Waals surface area contributed by atoms with Crippen LogP contribution in [0.4, 0.5) is 5.95 Å². The van der Waals surface area contributed by atoms with E-state index < -0.39 is 0 Å². The van der Waals surface area contributed by atoms with Gasteiger partial charge in [-0.15, -0.1) is 5.10 Å². The minimum absolute atomic E-state index is 0.540. The molecule has 1 aromatic heterocycles. The minimum atomic E-state index is 0.540. The van der Waals surface area contributed by atoms with Crippen LogP contribution in [0.3, 0.4) is 0 Å². The average Bonchev–Trinajstić information content (AvgIpc) is 2.67. The molecule has 1 N–H and O–H groups in total. The van der Waals surface area contributed by atoms with Gasteiger partial charge in [0.2, 0.25) is 5.95 Å². The highest BCUT2D eigenvalue weighted by Gasteiger charge is 2.18. The number of likely N-dealkylation sites (N-methyl/N-ethyl adjacent to an activating group) is 1. The summed E-state index contributed by atoms with van der Waals surface area (Å²) in [5.74, 6) is 0.601. The first kappa shape index (κ1) is 16.0. The Morgan fingerprint density at radius 2 is 2.00 bits per heavy atom. The maximum Gasteiger partial charge on any atom is 0.243 e. The molecule has 1 atom stereocenters. The lowest BCUT2D eigenvalue weighted by Gasteiger charge is -2.32. The van der Waals surface area contributed by atoms with Gasteiger partial charge in [-0.1, -0.05) is 48.9 Å². The number of rotatable bonds is 4. The first-order valence-corrected chi connectivity index (χ1v) is 8.93. The molecule has 1 aliphatic rings. The molecule has 2 aromatic carbocycles. The first-order chi connectivity index (χ1) is 12.3. The van der Waals surface area contributed by atoms with Gasteiger partial charge >= 0.3 is 0 Å². The molecule has 5 heteroatoms. The molecule has 128 valence electrons. The second-order valence-corrected chi connectivity index (χ2v) is 6.70. The summed E-state index contributed by atoms with van der Waals surface area (Å²) in [7, 11) is 2.19. The molecule has 1 fully saturated rings. The lowest BCUT2D eigenvalue weighted by Crippen LogP contribution is -2.41. The highest BCUT2D eigenvalue weighted by atomic mass is 15.2. The molecule has 4 rings (SSSR count). The van der Waals surface area contributed by atoms with Gasteiger partial charge in [-0.2, -0.15) is 5.10 Å². The lowest BCUT2D eigenvalue weighted by atomic mass is 10.0. The van der Waals surface area contributed by atoms with Gasteiger partial charge in [0, 0.05) is 18.2 Å². The van der Waals surface area contributed by atoms with Crippen molar-refractivity contribution in [3.8, 4) is 11.3 Å². The van der Waals surface area contributed by atoms with E-state index in [1.165, 1.54) is 36.6 Å². The third-order valence-corrected chi connectivity index (χ3v) is 5.04. The maximum absolute atomic E-state index is 4.70. The fourth-order valence-electron chi connectivity index (χ4n) is 3.57. The number of hydrogen-bond donors (Lipinski definition) is 1. The van der Waals surface area contributed by atoms with Crippen molar-refractivity contribution in [3.63, 3.8) is 0 Å². The minimum Gasteiger partial charge on any atom is -0.351 e. The summed E-state index contributed by atoms with van der Waals surface area (Å²) in [6.45, 7) is 2.03. The lowest BCUT2D eigenvalue weighted by molar-refractivity contribution is 0.194. The van der Waals surface area contributed by atoms with Crippen LogP contribution in [-0.2, 0) is 0 Å². The van der Waals surface area contributed by atoms with Crippen LogP contribution < -0.4 is 5.32 Å². The number of anilines is 1. The van der Waals surface area contributed by atoms with Gasteiger partial charge < -0.3 is 10.2 Å². The number of fused-ring (bicyclic) bond motifs is 1. The van der Waals surface area contributed by atoms with Gasteiger partial charge in [0.25, 0.3) is 0 Å². The number of likely N-dealkylation sites (tertiary alicyclic amines) is 1. The second kappa shape index (κ2) is 7.15. The molecule has 0 spiro atoms. The van der Waals surface area contributed by atoms with Crippen LogP contribution in [0.25, 0.3) is 22.0 Å². The van der Waals surface area contributed by atoms with E-state index in [2.05, 4.69) is 69.9 Å². The van der Waals surface area contributed by atoms with Gasteiger partial charge in [-0.3, -0.25) is 0 Å². The van der Waals surface area contributed by atoms with E-state index in [1.54, 1.807) is 6.20 Å². The average molecular weight is 333 g/mol. The topological polar surface area (TPSA) is 53.9 Å². The van der Waals surface area contributed by atoms with E-state index in [4.69, 9.17) is 4.98 Å². The van der Waals surface area contributed by atoms with Crippen LogP contribution in [0.1, 0.15) is 19.3 Å². The Kier molecular flexibility index (Phi) is 4.57. The molecule has 0 aliphatic carbocycles. The zero-order valence-electron chi connectivity index (χ0n) is 14.5. The number of nitrogens with one attached hydrogen (secondary N) is 1. The van der Waals surface area contributed by atoms with E-state index in [-0.39, 0.29) is 0 Å². The predicted octanol–water partition coefficient (Wildman–Crippen LogP) is 3.59. The Hall–Kier alpha value is -2.53. The number of nitrogens with zero attached hydrogens (tertiary/aromatic N) is 4. The van der Waals surface area contributed by atoms with Crippen molar-refractivity contribution in [3.05, 3.63) is 48.7 Å². The van der Waals surface area contributed by atoms with Crippen LogP contribution in [0.5, 0.6) is 0 Å². The second-order valence-electron chi connectivity index (χ2n) is 6.70. The van der Waals surface area contributed by atoms with E-state index in [0.29, 0.717) is 12.0 Å².